The van der Waals surface area contributed by atoms with Crippen LogP contribution in [0.15, 0.2) is 36.7 Å². The average Bonchev–Trinajstić information content (AvgIpc) is 3.43. The molecular weight excluding hydrogens is 378 g/mol. The number of likely N-dealkylation sites (tertiary alicyclic amines) is 2. The van der Waals surface area contributed by atoms with Crippen LogP contribution in [0.5, 0.6) is 0 Å². The Bertz CT molecular complexity index is 881. The lowest BCUT2D eigenvalue weighted by atomic mass is 9.86. The number of rotatable bonds is 3. The predicted octanol–water partition coefficient (Wildman–Crippen LogP) is 2.46. The molecule has 1 aromatic heterocycles. The Morgan fingerprint density at radius 2 is 1.93 bits per heavy atom. The molecule has 8 heteroatoms. The molecule has 0 radical (unpaired) electrons. The van der Waals surface area contributed by atoms with Crippen molar-refractivity contribution >= 4 is 23.5 Å². The third-order valence-electron chi connectivity index (χ3n) is 5.81. The Balaban J connectivity index is 1.37. The Morgan fingerprint density at radius 1 is 1.18 bits per heavy atom. The van der Waals surface area contributed by atoms with Gasteiger partial charge in [0, 0.05) is 49.9 Å². The van der Waals surface area contributed by atoms with Crippen LogP contribution in [0, 0.1) is 5.41 Å². The molecule has 3 heterocycles. The SMILES string of the molecule is CNC(=O)c1cnn(C(=O)N2CCC3(CCN(Cc4ccc(Cl)cc4)C3)C2)c1. The highest BCUT2D eigenvalue weighted by atomic mass is 35.5. The molecule has 0 aliphatic carbocycles. The van der Waals surface area contributed by atoms with Crippen LogP contribution in [-0.4, -0.2) is 64.7 Å². The second-order valence-corrected chi connectivity index (χ2v) is 8.23. The highest BCUT2D eigenvalue weighted by Gasteiger charge is 2.45. The van der Waals surface area contributed by atoms with Crippen molar-refractivity contribution in [2.75, 3.05) is 33.2 Å². The first-order valence-corrected chi connectivity index (χ1v) is 9.89. The Labute approximate surface area is 169 Å². The maximum atomic E-state index is 12.8. The first-order valence-electron chi connectivity index (χ1n) is 9.51. The molecule has 0 saturated carbocycles. The van der Waals surface area contributed by atoms with Crippen molar-refractivity contribution in [2.24, 2.45) is 5.41 Å². The van der Waals surface area contributed by atoms with Gasteiger partial charge in [-0.05, 0) is 37.1 Å². The van der Waals surface area contributed by atoms with Crippen molar-refractivity contribution in [3.8, 4) is 0 Å². The number of amides is 2. The summed E-state index contributed by atoms with van der Waals surface area (Å²) in [5.74, 6) is -0.245. The van der Waals surface area contributed by atoms with E-state index in [4.69, 9.17) is 11.6 Å². The smallest absolute Gasteiger partial charge is 0.344 e. The Kier molecular flexibility index (Phi) is 5.12. The molecule has 1 atom stereocenters. The van der Waals surface area contributed by atoms with E-state index < -0.39 is 0 Å². The van der Waals surface area contributed by atoms with Crippen molar-refractivity contribution in [3.05, 3.63) is 52.8 Å². The van der Waals surface area contributed by atoms with Gasteiger partial charge in [-0.25, -0.2) is 4.79 Å². The molecule has 2 amide bonds. The van der Waals surface area contributed by atoms with Gasteiger partial charge >= 0.3 is 6.03 Å². The highest BCUT2D eigenvalue weighted by molar-refractivity contribution is 6.30. The van der Waals surface area contributed by atoms with Gasteiger partial charge < -0.3 is 10.2 Å². The van der Waals surface area contributed by atoms with Gasteiger partial charge in [-0.15, -0.1) is 0 Å². The molecule has 1 aromatic carbocycles. The largest absolute Gasteiger partial charge is 0.355 e. The van der Waals surface area contributed by atoms with Crippen molar-refractivity contribution in [1.29, 1.82) is 0 Å². The minimum Gasteiger partial charge on any atom is -0.355 e. The minimum absolute atomic E-state index is 0.152. The van der Waals surface area contributed by atoms with Gasteiger partial charge in [-0.3, -0.25) is 9.69 Å². The number of hydrogen-bond donors (Lipinski definition) is 1. The predicted molar refractivity (Wildman–Crippen MR) is 106 cm³/mol. The van der Waals surface area contributed by atoms with E-state index in [-0.39, 0.29) is 17.4 Å². The van der Waals surface area contributed by atoms with Crippen LogP contribution in [0.3, 0.4) is 0 Å². The molecule has 1 unspecified atom stereocenters. The van der Waals surface area contributed by atoms with E-state index in [1.54, 1.807) is 7.05 Å². The van der Waals surface area contributed by atoms with Gasteiger partial charge in [-0.1, -0.05) is 23.7 Å². The topological polar surface area (TPSA) is 70.5 Å². The number of hydrogen-bond acceptors (Lipinski definition) is 4. The molecule has 2 saturated heterocycles. The van der Waals surface area contributed by atoms with E-state index in [0.29, 0.717) is 5.56 Å². The standard InChI is InChI=1S/C20H24ClN5O2/c1-22-18(27)16-10-23-26(12-16)19(28)25-9-7-20(14-25)6-8-24(13-20)11-15-2-4-17(21)5-3-15/h2-5,10,12H,6-9,11,13-14H2,1H3,(H,22,27). The van der Waals surface area contributed by atoms with Gasteiger partial charge in [0.15, 0.2) is 0 Å². The molecule has 28 heavy (non-hydrogen) atoms. The molecule has 2 fully saturated rings. The van der Waals surface area contributed by atoms with Gasteiger partial charge in [0.1, 0.15) is 0 Å². The minimum atomic E-state index is -0.245. The molecule has 2 aromatic rings. The molecule has 4 rings (SSSR count). The Morgan fingerprint density at radius 3 is 2.68 bits per heavy atom. The zero-order valence-electron chi connectivity index (χ0n) is 15.9. The van der Waals surface area contributed by atoms with E-state index in [2.05, 4.69) is 27.4 Å². The summed E-state index contributed by atoms with van der Waals surface area (Å²) in [7, 11) is 1.56. The lowest BCUT2D eigenvalue weighted by molar-refractivity contribution is 0.0963. The molecule has 1 N–H and O–H groups in total. The fraction of sp³-hybridized carbons (Fsp3) is 0.450. The van der Waals surface area contributed by atoms with E-state index in [9.17, 15) is 9.59 Å². The Hall–Kier alpha value is -2.38. The average molecular weight is 402 g/mol. The van der Waals surface area contributed by atoms with Crippen LogP contribution < -0.4 is 5.32 Å². The summed E-state index contributed by atoms with van der Waals surface area (Å²) in [4.78, 5) is 28.8. The summed E-state index contributed by atoms with van der Waals surface area (Å²) < 4.78 is 1.27. The van der Waals surface area contributed by atoms with Gasteiger partial charge in [0.2, 0.25) is 0 Å². The molecule has 2 aliphatic heterocycles. The normalized spacial score (nSPS) is 22.1. The molecule has 7 nitrogen and oxygen atoms in total. The van der Waals surface area contributed by atoms with E-state index >= 15 is 0 Å². The van der Waals surface area contributed by atoms with Crippen LogP contribution in [0.1, 0.15) is 28.8 Å². The molecular formula is C20H24ClN5O2. The quantitative estimate of drug-likeness (QED) is 0.857. The number of carbonyl (C=O) groups is 2. The molecule has 1 spiro atoms. The summed E-state index contributed by atoms with van der Waals surface area (Å²) >= 11 is 5.97. The number of carbonyl (C=O) groups excluding carboxylic acids is 2. The number of nitrogens with one attached hydrogen (secondary N) is 1. The van der Waals surface area contributed by atoms with Gasteiger partial charge in [0.25, 0.3) is 5.91 Å². The highest BCUT2D eigenvalue weighted by Crippen LogP contribution is 2.40. The lowest BCUT2D eigenvalue weighted by Crippen LogP contribution is -2.36. The van der Waals surface area contributed by atoms with Crippen molar-refractivity contribution < 1.29 is 9.59 Å². The number of nitrogens with zero attached hydrogens (tertiary/aromatic N) is 4. The van der Waals surface area contributed by atoms with Crippen LogP contribution in [0.25, 0.3) is 0 Å². The number of halogens is 1. The van der Waals surface area contributed by atoms with Crippen LogP contribution in [0.2, 0.25) is 5.02 Å². The van der Waals surface area contributed by atoms with E-state index in [1.807, 2.05) is 17.0 Å². The maximum absolute atomic E-state index is 12.8. The first-order chi connectivity index (χ1) is 13.5. The van der Waals surface area contributed by atoms with Crippen molar-refractivity contribution in [1.82, 2.24) is 24.9 Å². The second-order valence-electron chi connectivity index (χ2n) is 7.79. The van der Waals surface area contributed by atoms with Crippen molar-refractivity contribution in [3.63, 3.8) is 0 Å². The molecule has 2 aliphatic rings. The zero-order valence-corrected chi connectivity index (χ0v) is 16.7. The molecule has 148 valence electrons. The molecule has 0 bridgehead atoms. The lowest BCUT2D eigenvalue weighted by Gasteiger charge is -2.24. The maximum Gasteiger partial charge on any atom is 0.344 e. The number of aromatic nitrogens is 2. The third kappa shape index (κ3) is 3.77. The fourth-order valence-electron chi connectivity index (χ4n) is 4.28. The van der Waals surface area contributed by atoms with Gasteiger partial charge in [0.05, 0.1) is 11.8 Å². The van der Waals surface area contributed by atoms with Gasteiger partial charge in [-0.2, -0.15) is 9.78 Å². The second kappa shape index (κ2) is 7.56. The fourth-order valence-corrected chi connectivity index (χ4v) is 4.40. The monoisotopic (exact) mass is 401 g/mol. The third-order valence-corrected chi connectivity index (χ3v) is 6.07. The van der Waals surface area contributed by atoms with E-state index in [0.717, 1.165) is 50.6 Å². The summed E-state index contributed by atoms with van der Waals surface area (Å²) in [6, 6.07) is 7.83. The summed E-state index contributed by atoms with van der Waals surface area (Å²) in [6.45, 7) is 4.39. The van der Waals surface area contributed by atoms with E-state index in [1.165, 1.54) is 22.6 Å². The van der Waals surface area contributed by atoms with Crippen LogP contribution in [0.4, 0.5) is 4.79 Å². The van der Waals surface area contributed by atoms with Crippen LogP contribution >= 0.6 is 11.6 Å². The zero-order chi connectivity index (χ0) is 19.7. The summed E-state index contributed by atoms with van der Waals surface area (Å²) in [5.41, 5.74) is 1.80. The van der Waals surface area contributed by atoms with Crippen LogP contribution in [-0.2, 0) is 6.54 Å². The summed E-state index contributed by atoms with van der Waals surface area (Å²) in [5, 5.41) is 7.36. The first kappa shape index (κ1) is 19.0. The number of benzene rings is 1. The summed E-state index contributed by atoms with van der Waals surface area (Å²) in [6.07, 6.45) is 5.01. The van der Waals surface area contributed by atoms with Crippen molar-refractivity contribution in [2.45, 2.75) is 19.4 Å².